The fourth-order valence-corrected chi connectivity index (χ4v) is 4.94. The lowest BCUT2D eigenvalue weighted by Gasteiger charge is -2.48. The van der Waals surface area contributed by atoms with E-state index in [0.29, 0.717) is 6.54 Å². The Labute approximate surface area is 170 Å². The summed E-state index contributed by atoms with van der Waals surface area (Å²) in [5, 5.41) is 3.47. The van der Waals surface area contributed by atoms with E-state index in [4.69, 9.17) is 11.6 Å². The maximum atomic E-state index is 12.8. The topological polar surface area (TPSA) is 61.4 Å². The average Bonchev–Trinajstić information content (AvgIpc) is 2.99. The first-order valence-electron chi connectivity index (χ1n) is 9.67. The third-order valence-corrected chi connectivity index (χ3v) is 6.68. The Kier molecular flexibility index (Phi) is 4.79. The number of aryl methyl sites for hydroxylation is 1. The molecule has 148 valence electrons. The number of rotatable bonds is 3. The molecule has 1 spiro atoms. The zero-order chi connectivity index (χ0) is 19.9. The van der Waals surface area contributed by atoms with Crippen molar-refractivity contribution in [2.45, 2.75) is 43.7 Å². The Morgan fingerprint density at radius 3 is 2.43 bits per heavy atom. The summed E-state index contributed by atoms with van der Waals surface area (Å²) in [6.45, 7) is 2.49. The molecule has 1 aliphatic heterocycles. The van der Waals surface area contributed by atoms with Gasteiger partial charge in [0.25, 0.3) is 0 Å². The van der Waals surface area contributed by atoms with Crippen LogP contribution in [0.15, 0.2) is 36.5 Å². The molecule has 0 unspecified atom stereocenters. The van der Waals surface area contributed by atoms with Crippen molar-refractivity contribution >= 4 is 23.3 Å². The van der Waals surface area contributed by atoms with E-state index in [1.165, 1.54) is 5.56 Å². The number of nitrogens with zero attached hydrogens (tertiary/aromatic N) is 4. The molecule has 1 saturated heterocycles. The zero-order valence-corrected chi connectivity index (χ0v) is 17.3. The van der Waals surface area contributed by atoms with Gasteiger partial charge in [0.2, 0.25) is 5.28 Å². The van der Waals surface area contributed by atoms with Gasteiger partial charge in [-0.15, -0.1) is 0 Å². The van der Waals surface area contributed by atoms with Crippen LogP contribution in [-0.2, 0) is 5.54 Å². The molecule has 7 heteroatoms. The summed E-state index contributed by atoms with van der Waals surface area (Å²) in [5.74, 6) is 0. The minimum absolute atomic E-state index is 0.00393. The number of amides is 2. The Bertz CT molecular complexity index is 878. The summed E-state index contributed by atoms with van der Waals surface area (Å²) in [4.78, 5) is 25.1. The molecule has 2 amide bonds. The number of urea groups is 1. The van der Waals surface area contributed by atoms with Gasteiger partial charge in [-0.1, -0.05) is 30.3 Å². The monoisotopic (exact) mass is 399 g/mol. The van der Waals surface area contributed by atoms with Crippen molar-refractivity contribution < 1.29 is 4.79 Å². The second-order valence-corrected chi connectivity index (χ2v) is 8.54. The number of halogens is 1. The summed E-state index contributed by atoms with van der Waals surface area (Å²) in [5.41, 5.74) is 2.58. The van der Waals surface area contributed by atoms with Gasteiger partial charge in [0, 0.05) is 5.54 Å². The molecule has 6 nitrogen and oxygen atoms in total. The van der Waals surface area contributed by atoms with Crippen molar-refractivity contribution in [2.75, 3.05) is 25.5 Å². The van der Waals surface area contributed by atoms with Crippen LogP contribution in [0.3, 0.4) is 0 Å². The molecule has 1 aliphatic carbocycles. The number of carbonyl (C=O) groups excluding carboxylic acids is 1. The number of benzene rings is 1. The number of anilines is 1. The summed E-state index contributed by atoms with van der Waals surface area (Å²) >= 11 is 5.88. The minimum atomic E-state index is -0.211. The van der Waals surface area contributed by atoms with Crippen molar-refractivity contribution in [1.82, 2.24) is 20.2 Å². The van der Waals surface area contributed by atoms with Gasteiger partial charge in [0.1, 0.15) is 0 Å². The van der Waals surface area contributed by atoms with Crippen LogP contribution >= 0.6 is 11.6 Å². The highest BCUT2D eigenvalue weighted by molar-refractivity contribution is 6.28. The summed E-state index contributed by atoms with van der Waals surface area (Å²) < 4.78 is 0. The fraction of sp³-hybridized carbons (Fsp3) is 0.476. The van der Waals surface area contributed by atoms with Crippen molar-refractivity contribution in [3.05, 3.63) is 53.1 Å². The number of nitrogens with one attached hydrogen (secondary N) is 1. The van der Waals surface area contributed by atoms with Gasteiger partial charge in [0.05, 0.1) is 29.7 Å². The van der Waals surface area contributed by atoms with Crippen LogP contribution in [-0.4, -0.2) is 47.1 Å². The van der Waals surface area contributed by atoms with Crippen molar-refractivity contribution in [3.63, 3.8) is 0 Å². The molecule has 1 aromatic carbocycles. The van der Waals surface area contributed by atoms with Gasteiger partial charge in [0.15, 0.2) is 0 Å². The molecule has 1 N–H and O–H groups in total. The highest BCUT2D eigenvalue weighted by atomic mass is 35.5. The molecule has 1 saturated carbocycles. The van der Waals surface area contributed by atoms with Gasteiger partial charge < -0.3 is 5.32 Å². The van der Waals surface area contributed by atoms with Crippen LogP contribution in [0, 0.1) is 6.92 Å². The van der Waals surface area contributed by atoms with Crippen molar-refractivity contribution in [2.24, 2.45) is 0 Å². The van der Waals surface area contributed by atoms with E-state index in [1.807, 2.05) is 6.92 Å². The summed E-state index contributed by atoms with van der Waals surface area (Å²) in [6.07, 6.45) is 5.48. The molecule has 2 heterocycles. The number of hydrogen-bond acceptors (Lipinski definition) is 4. The zero-order valence-electron chi connectivity index (χ0n) is 16.6. The van der Waals surface area contributed by atoms with E-state index in [1.54, 1.807) is 11.1 Å². The first-order chi connectivity index (χ1) is 13.4. The predicted octanol–water partition coefficient (Wildman–Crippen LogP) is 3.74. The first-order valence-corrected chi connectivity index (χ1v) is 10.0. The maximum absolute atomic E-state index is 12.8. The summed E-state index contributed by atoms with van der Waals surface area (Å²) in [6, 6.07) is 10.6. The van der Waals surface area contributed by atoms with Gasteiger partial charge >= 0.3 is 6.03 Å². The SMILES string of the molecule is Cc1nc(Cl)ncc1N1C[C@]2(CC[C@](c3ccccc3)(N(C)C)CC2)NC1=O. The van der Waals surface area contributed by atoms with E-state index in [9.17, 15) is 4.79 Å². The lowest BCUT2D eigenvalue weighted by Crippen LogP contribution is -2.54. The third kappa shape index (κ3) is 3.14. The molecule has 2 aromatic rings. The highest BCUT2D eigenvalue weighted by Crippen LogP contribution is 2.46. The molecule has 2 aliphatic rings. The van der Waals surface area contributed by atoms with Gasteiger partial charge in [-0.05, 0) is 63.9 Å². The molecular formula is C21H26ClN5O. The normalized spacial score (nSPS) is 27.5. The minimum Gasteiger partial charge on any atom is -0.330 e. The van der Waals surface area contributed by atoms with E-state index in [0.717, 1.165) is 37.1 Å². The Balaban J connectivity index is 1.56. The molecule has 0 atom stereocenters. The van der Waals surface area contributed by atoms with Crippen molar-refractivity contribution in [1.29, 1.82) is 0 Å². The van der Waals surface area contributed by atoms with E-state index >= 15 is 0 Å². The van der Waals surface area contributed by atoms with Crippen LogP contribution in [0.4, 0.5) is 10.5 Å². The largest absolute Gasteiger partial charge is 0.330 e. The van der Waals surface area contributed by atoms with Crippen LogP contribution in [0.2, 0.25) is 5.28 Å². The van der Waals surface area contributed by atoms with Gasteiger partial charge in [-0.3, -0.25) is 9.80 Å². The lowest BCUT2D eigenvalue weighted by molar-refractivity contribution is 0.0658. The average molecular weight is 400 g/mol. The molecule has 2 fully saturated rings. The first kappa shape index (κ1) is 19.2. The summed E-state index contributed by atoms with van der Waals surface area (Å²) in [7, 11) is 4.30. The third-order valence-electron chi connectivity index (χ3n) is 6.49. The molecular weight excluding hydrogens is 374 g/mol. The van der Waals surface area contributed by atoms with Crippen LogP contribution in [0.1, 0.15) is 36.9 Å². The number of hydrogen-bond donors (Lipinski definition) is 1. The maximum Gasteiger partial charge on any atom is 0.322 e. The Morgan fingerprint density at radius 1 is 1.14 bits per heavy atom. The van der Waals surface area contributed by atoms with Gasteiger partial charge in [-0.2, -0.15) is 0 Å². The molecule has 28 heavy (non-hydrogen) atoms. The van der Waals surface area contributed by atoms with E-state index < -0.39 is 0 Å². The van der Waals surface area contributed by atoms with Gasteiger partial charge in [-0.25, -0.2) is 14.8 Å². The quantitative estimate of drug-likeness (QED) is 0.798. The van der Waals surface area contributed by atoms with Crippen LogP contribution < -0.4 is 10.2 Å². The van der Waals surface area contributed by atoms with Crippen LogP contribution in [0.5, 0.6) is 0 Å². The standard InChI is InChI=1S/C21H26ClN5O/c1-15-17(13-23-18(22)24-15)27-14-20(25-19(27)28)9-11-21(12-10-20,26(2)3)16-7-5-4-6-8-16/h4-8,13H,9-12,14H2,1-3H3,(H,25,28)/t20-,21+. The molecule has 0 bridgehead atoms. The molecule has 4 rings (SSSR count). The Hall–Kier alpha value is -2.18. The highest BCUT2D eigenvalue weighted by Gasteiger charge is 2.50. The number of carbonyl (C=O) groups is 1. The fourth-order valence-electron chi connectivity index (χ4n) is 4.77. The van der Waals surface area contributed by atoms with E-state index in [-0.39, 0.29) is 22.4 Å². The van der Waals surface area contributed by atoms with Crippen molar-refractivity contribution in [3.8, 4) is 0 Å². The Morgan fingerprint density at radius 2 is 1.82 bits per heavy atom. The van der Waals surface area contributed by atoms with E-state index in [2.05, 4.69) is 64.6 Å². The smallest absolute Gasteiger partial charge is 0.322 e. The van der Waals surface area contributed by atoms with Crippen LogP contribution in [0.25, 0.3) is 0 Å². The number of aromatic nitrogens is 2. The lowest BCUT2D eigenvalue weighted by atomic mass is 9.69. The second-order valence-electron chi connectivity index (χ2n) is 8.20. The molecule has 0 radical (unpaired) electrons. The molecule has 1 aromatic heterocycles. The second kappa shape index (κ2) is 7.01. The predicted molar refractivity (Wildman–Crippen MR) is 111 cm³/mol.